The molecule has 0 amide bonds. The summed E-state index contributed by atoms with van der Waals surface area (Å²) in [7, 11) is 0.759. The minimum atomic E-state index is -4.30. The molecule has 0 heterocycles. The van der Waals surface area contributed by atoms with Gasteiger partial charge in [0.05, 0.1) is 16.4 Å². The van der Waals surface area contributed by atoms with Crippen LogP contribution >= 0.6 is 10.7 Å². The number of nitro benzene ring substituents is 1. The first-order valence-electron chi connectivity index (χ1n) is 4.81. The molecular formula is C9H8ClNO7S. The highest BCUT2D eigenvalue weighted by Crippen LogP contribution is 2.34. The minimum Gasteiger partial charge on any atom is -0.501 e. The normalized spacial score (nSPS) is 11.1. The van der Waals surface area contributed by atoms with E-state index in [9.17, 15) is 28.4 Å². The zero-order valence-electron chi connectivity index (χ0n) is 9.49. The molecule has 10 heteroatoms. The number of benzene rings is 1. The lowest BCUT2D eigenvalue weighted by molar-refractivity contribution is -0.386. The van der Waals surface area contributed by atoms with Gasteiger partial charge in [0.2, 0.25) is 5.75 Å². The zero-order valence-corrected chi connectivity index (χ0v) is 11.1. The molecule has 0 aliphatic heterocycles. The van der Waals surface area contributed by atoms with Crippen LogP contribution in [0.15, 0.2) is 17.0 Å². The van der Waals surface area contributed by atoms with Gasteiger partial charge in [-0.2, -0.15) is 0 Å². The average molecular weight is 310 g/mol. The smallest absolute Gasteiger partial charge is 0.342 e. The van der Waals surface area contributed by atoms with E-state index in [0.29, 0.717) is 12.1 Å². The van der Waals surface area contributed by atoms with E-state index in [1.165, 1.54) is 6.92 Å². The van der Waals surface area contributed by atoms with Crippen molar-refractivity contribution in [2.75, 3.05) is 6.61 Å². The van der Waals surface area contributed by atoms with Crippen LogP contribution in [0.3, 0.4) is 0 Å². The predicted octanol–water partition coefficient (Wildman–Crippen LogP) is 1.40. The molecule has 0 aromatic heterocycles. The van der Waals surface area contributed by atoms with Crippen LogP contribution in [-0.4, -0.2) is 31.0 Å². The van der Waals surface area contributed by atoms with Crippen LogP contribution in [0.4, 0.5) is 5.69 Å². The molecule has 0 saturated heterocycles. The fourth-order valence-corrected chi connectivity index (χ4v) is 2.02. The maximum Gasteiger partial charge on any atom is 0.342 e. The molecule has 0 radical (unpaired) electrons. The lowest BCUT2D eigenvalue weighted by atomic mass is 10.1. The minimum absolute atomic E-state index is 0.0517. The number of rotatable bonds is 4. The summed E-state index contributed by atoms with van der Waals surface area (Å²) in [4.78, 5) is 20.4. The van der Waals surface area contributed by atoms with Crippen molar-refractivity contribution in [3.8, 4) is 5.75 Å². The van der Waals surface area contributed by atoms with E-state index >= 15 is 0 Å². The molecule has 1 aromatic carbocycles. The van der Waals surface area contributed by atoms with E-state index < -0.39 is 41.8 Å². The third-order valence-electron chi connectivity index (χ3n) is 2.04. The highest BCUT2D eigenvalue weighted by Gasteiger charge is 2.27. The first-order chi connectivity index (χ1) is 8.68. The van der Waals surface area contributed by atoms with Crippen molar-refractivity contribution >= 4 is 31.4 Å². The van der Waals surface area contributed by atoms with Gasteiger partial charge < -0.3 is 9.84 Å². The summed E-state index contributed by atoms with van der Waals surface area (Å²) in [5.41, 5.74) is -1.60. The molecule has 1 aromatic rings. The predicted molar refractivity (Wildman–Crippen MR) is 63.8 cm³/mol. The molecule has 0 spiro atoms. The van der Waals surface area contributed by atoms with Gasteiger partial charge in [-0.15, -0.1) is 0 Å². The lowest BCUT2D eigenvalue weighted by Crippen LogP contribution is -2.07. The van der Waals surface area contributed by atoms with E-state index in [2.05, 4.69) is 4.74 Å². The number of carbonyl (C=O) groups is 1. The second-order valence-electron chi connectivity index (χ2n) is 3.25. The Hall–Kier alpha value is -1.87. The van der Waals surface area contributed by atoms with Gasteiger partial charge in [0.15, 0.2) is 0 Å². The van der Waals surface area contributed by atoms with Gasteiger partial charge in [-0.05, 0) is 13.0 Å². The van der Waals surface area contributed by atoms with Crippen molar-refractivity contribution in [2.24, 2.45) is 0 Å². The van der Waals surface area contributed by atoms with E-state index in [4.69, 9.17) is 10.7 Å². The Kier molecular flexibility index (Phi) is 4.32. The Bertz CT molecular complexity index is 640. The molecule has 0 bridgehead atoms. The molecule has 0 fully saturated rings. The Morgan fingerprint density at radius 1 is 1.53 bits per heavy atom. The average Bonchev–Trinajstić information content (AvgIpc) is 2.27. The molecule has 0 unspecified atom stereocenters. The van der Waals surface area contributed by atoms with Gasteiger partial charge in [0, 0.05) is 16.7 Å². The summed E-state index contributed by atoms with van der Waals surface area (Å²) in [5.74, 6) is -2.07. The number of hydrogen-bond acceptors (Lipinski definition) is 7. The number of phenolic OH excluding ortho intramolecular Hbond substituents is 1. The number of ether oxygens (including phenoxy) is 1. The molecular weight excluding hydrogens is 302 g/mol. The van der Waals surface area contributed by atoms with Crippen LogP contribution in [-0.2, 0) is 13.8 Å². The molecule has 1 N–H and O–H groups in total. The largest absolute Gasteiger partial charge is 0.501 e. The molecule has 1 rings (SSSR count). The molecule has 0 saturated carbocycles. The Morgan fingerprint density at radius 3 is 2.53 bits per heavy atom. The van der Waals surface area contributed by atoms with Crippen LogP contribution in [0.5, 0.6) is 5.75 Å². The molecule has 8 nitrogen and oxygen atoms in total. The van der Waals surface area contributed by atoms with Crippen molar-refractivity contribution in [3.05, 3.63) is 27.8 Å². The summed E-state index contributed by atoms with van der Waals surface area (Å²) in [6.07, 6.45) is 0. The number of nitrogens with zero attached hydrogens (tertiary/aromatic N) is 1. The zero-order chi connectivity index (χ0) is 14.8. The maximum atomic E-state index is 11.5. The Labute approximate surface area is 112 Å². The van der Waals surface area contributed by atoms with Gasteiger partial charge in [0.1, 0.15) is 5.56 Å². The van der Waals surface area contributed by atoms with Crippen LogP contribution in [0.1, 0.15) is 17.3 Å². The SMILES string of the molecule is CCOC(=O)c1cc(S(=O)(=O)Cl)cc([N+](=O)[O-])c1O. The van der Waals surface area contributed by atoms with E-state index in [-0.39, 0.29) is 6.61 Å². The molecule has 104 valence electrons. The van der Waals surface area contributed by atoms with Gasteiger partial charge in [-0.25, -0.2) is 13.2 Å². The Balaban J connectivity index is 3.59. The number of phenols is 1. The summed E-state index contributed by atoms with van der Waals surface area (Å²) in [6, 6.07) is 1.27. The Morgan fingerprint density at radius 2 is 2.11 bits per heavy atom. The summed E-state index contributed by atoms with van der Waals surface area (Å²) in [6.45, 7) is 1.43. The van der Waals surface area contributed by atoms with Crippen LogP contribution < -0.4 is 0 Å². The highest BCUT2D eigenvalue weighted by atomic mass is 35.7. The summed E-state index contributed by atoms with van der Waals surface area (Å²) in [5, 5.41) is 20.3. The van der Waals surface area contributed by atoms with Crippen molar-refractivity contribution < 1.29 is 28.0 Å². The number of nitro groups is 1. The molecule has 0 aliphatic carbocycles. The molecule has 0 aliphatic rings. The third kappa shape index (κ3) is 3.32. The third-order valence-corrected chi connectivity index (χ3v) is 3.37. The number of aromatic hydroxyl groups is 1. The van der Waals surface area contributed by atoms with Crippen molar-refractivity contribution in [2.45, 2.75) is 11.8 Å². The number of hydrogen-bond donors (Lipinski definition) is 1. The van der Waals surface area contributed by atoms with Gasteiger partial charge in [-0.3, -0.25) is 10.1 Å². The number of esters is 1. The second-order valence-corrected chi connectivity index (χ2v) is 5.82. The maximum absolute atomic E-state index is 11.5. The second kappa shape index (κ2) is 5.41. The van der Waals surface area contributed by atoms with Crippen molar-refractivity contribution in [3.63, 3.8) is 0 Å². The first-order valence-corrected chi connectivity index (χ1v) is 7.12. The highest BCUT2D eigenvalue weighted by molar-refractivity contribution is 8.13. The lowest BCUT2D eigenvalue weighted by Gasteiger charge is -2.06. The summed E-state index contributed by atoms with van der Waals surface area (Å²) >= 11 is 0. The van der Waals surface area contributed by atoms with Gasteiger partial charge in [-0.1, -0.05) is 0 Å². The van der Waals surface area contributed by atoms with Gasteiger partial charge >= 0.3 is 11.7 Å². The van der Waals surface area contributed by atoms with Crippen molar-refractivity contribution in [1.29, 1.82) is 0 Å². The molecule has 0 atom stereocenters. The molecule has 19 heavy (non-hydrogen) atoms. The van der Waals surface area contributed by atoms with Crippen LogP contribution in [0.2, 0.25) is 0 Å². The standard InChI is InChI=1S/C9H8ClNO7S/c1-2-18-9(13)6-3-5(19(10,16)17)4-7(8(6)12)11(14)15/h3-4,12H,2H2,1H3. The van der Waals surface area contributed by atoms with Crippen LogP contribution in [0.25, 0.3) is 0 Å². The first kappa shape index (κ1) is 15.2. The number of halogens is 1. The quantitative estimate of drug-likeness (QED) is 0.386. The monoisotopic (exact) mass is 309 g/mol. The van der Waals surface area contributed by atoms with Crippen LogP contribution in [0, 0.1) is 10.1 Å². The fraction of sp³-hybridized carbons (Fsp3) is 0.222. The van der Waals surface area contributed by atoms with E-state index in [1.807, 2.05) is 0 Å². The number of carbonyl (C=O) groups excluding carboxylic acids is 1. The van der Waals surface area contributed by atoms with Crippen molar-refractivity contribution in [1.82, 2.24) is 0 Å². The summed E-state index contributed by atoms with van der Waals surface area (Å²) < 4.78 is 26.9. The van der Waals surface area contributed by atoms with E-state index in [0.717, 1.165) is 0 Å². The topological polar surface area (TPSA) is 124 Å². The van der Waals surface area contributed by atoms with Gasteiger partial charge in [0.25, 0.3) is 9.05 Å². The fourth-order valence-electron chi connectivity index (χ4n) is 1.24. The van der Waals surface area contributed by atoms with E-state index in [1.54, 1.807) is 0 Å².